The van der Waals surface area contributed by atoms with E-state index >= 15 is 0 Å². The van der Waals surface area contributed by atoms with Gasteiger partial charge in [-0.05, 0) is 56.7 Å². The second-order valence-corrected chi connectivity index (χ2v) is 8.93. The Balaban J connectivity index is 1.28. The quantitative estimate of drug-likeness (QED) is 0.573. The maximum Gasteiger partial charge on any atom is 0.309 e. The zero-order valence-electron chi connectivity index (χ0n) is 20.1. The van der Waals surface area contributed by atoms with E-state index in [-0.39, 0.29) is 23.7 Å². The zero-order valence-corrected chi connectivity index (χ0v) is 20.1. The molecule has 2 aliphatic heterocycles. The summed E-state index contributed by atoms with van der Waals surface area (Å²) in [6.45, 7) is 7.14. The van der Waals surface area contributed by atoms with Crippen LogP contribution in [-0.4, -0.2) is 59.5 Å². The van der Waals surface area contributed by atoms with Crippen LogP contribution in [0.2, 0.25) is 0 Å². The molecule has 1 amide bonds. The van der Waals surface area contributed by atoms with E-state index in [9.17, 15) is 9.59 Å². The predicted octanol–water partition coefficient (Wildman–Crippen LogP) is 3.85. The first-order valence-electron chi connectivity index (χ1n) is 12.4. The normalized spacial score (nSPS) is 17.5. The largest absolute Gasteiger partial charge is 0.466 e. The molecule has 1 aromatic carbocycles. The van der Waals surface area contributed by atoms with Crippen molar-refractivity contribution in [2.24, 2.45) is 11.8 Å². The fraction of sp³-hybridized carbons (Fsp3) is 0.538. The highest BCUT2D eigenvalue weighted by atomic mass is 16.5. The van der Waals surface area contributed by atoms with Crippen molar-refractivity contribution in [1.82, 2.24) is 14.9 Å². The van der Waals surface area contributed by atoms with E-state index < -0.39 is 0 Å². The minimum Gasteiger partial charge on any atom is -0.466 e. The first kappa shape index (κ1) is 24.0. The molecule has 4 rings (SSSR count). The number of aryl methyl sites for hydroxylation is 1. The highest BCUT2D eigenvalue weighted by molar-refractivity contribution is 5.80. The molecular weight excluding hydrogens is 432 g/mol. The second-order valence-electron chi connectivity index (χ2n) is 8.93. The molecule has 2 aliphatic rings. The number of esters is 1. The number of nitrogens with zero attached hydrogens (tertiary/aromatic N) is 4. The summed E-state index contributed by atoms with van der Waals surface area (Å²) in [4.78, 5) is 37.8. The Kier molecular flexibility index (Phi) is 7.98. The molecule has 8 nitrogen and oxygen atoms in total. The number of rotatable bonds is 7. The molecule has 2 saturated heterocycles. The summed E-state index contributed by atoms with van der Waals surface area (Å²) in [5.74, 6) is 2.10. The van der Waals surface area contributed by atoms with Gasteiger partial charge in [-0.1, -0.05) is 19.1 Å². The lowest BCUT2D eigenvalue weighted by atomic mass is 9.92. The van der Waals surface area contributed by atoms with Gasteiger partial charge in [0.1, 0.15) is 17.9 Å². The third kappa shape index (κ3) is 5.85. The smallest absolute Gasteiger partial charge is 0.309 e. The van der Waals surface area contributed by atoms with Crippen LogP contribution in [0, 0.1) is 11.8 Å². The van der Waals surface area contributed by atoms with E-state index in [1.807, 2.05) is 30.0 Å². The average molecular weight is 467 g/mol. The Hall–Kier alpha value is -3.16. The summed E-state index contributed by atoms with van der Waals surface area (Å²) in [5, 5.41) is 0. The molecule has 3 heterocycles. The maximum absolute atomic E-state index is 13.0. The van der Waals surface area contributed by atoms with E-state index in [1.54, 1.807) is 0 Å². The van der Waals surface area contributed by atoms with Gasteiger partial charge in [-0.3, -0.25) is 9.59 Å². The van der Waals surface area contributed by atoms with Crippen LogP contribution in [0.15, 0.2) is 36.7 Å². The number of piperidine rings is 2. The fourth-order valence-corrected chi connectivity index (χ4v) is 4.68. The van der Waals surface area contributed by atoms with Gasteiger partial charge >= 0.3 is 5.97 Å². The van der Waals surface area contributed by atoms with Crippen LogP contribution >= 0.6 is 0 Å². The molecule has 2 fully saturated rings. The van der Waals surface area contributed by atoms with Crippen molar-refractivity contribution < 1.29 is 19.1 Å². The Labute approximate surface area is 201 Å². The standard InChI is InChI=1S/C26H34N4O4/c1-3-19-5-7-22(8-6-19)34-24-17-23(27-18-28-24)29-13-9-20(10-14-29)25(31)30-15-11-21(12-16-30)26(32)33-4-2/h5-8,17-18,20-21H,3-4,9-16H2,1-2H3. The van der Waals surface area contributed by atoms with Gasteiger partial charge in [-0.2, -0.15) is 0 Å². The van der Waals surface area contributed by atoms with Crippen LogP contribution in [0.3, 0.4) is 0 Å². The Morgan fingerprint density at radius 3 is 2.26 bits per heavy atom. The van der Waals surface area contributed by atoms with Crippen LogP contribution in [0.1, 0.15) is 45.1 Å². The first-order valence-corrected chi connectivity index (χ1v) is 12.4. The van der Waals surface area contributed by atoms with Gasteiger partial charge in [-0.15, -0.1) is 0 Å². The highest BCUT2D eigenvalue weighted by Gasteiger charge is 2.33. The number of ether oxygens (including phenoxy) is 2. The Morgan fingerprint density at radius 2 is 1.62 bits per heavy atom. The van der Waals surface area contributed by atoms with Gasteiger partial charge in [-0.25, -0.2) is 9.97 Å². The monoisotopic (exact) mass is 466 g/mol. The van der Waals surface area contributed by atoms with Crippen molar-refractivity contribution in [2.45, 2.75) is 46.0 Å². The summed E-state index contributed by atoms with van der Waals surface area (Å²) in [5.41, 5.74) is 1.26. The van der Waals surface area contributed by atoms with Gasteiger partial charge < -0.3 is 19.3 Å². The average Bonchev–Trinajstić information content (AvgIpc) is 2.89. The molecule has 0 N–H and O–H groups in total. The van der Waals surface area contributed by atoms with Crippen molar-refractivity contribution in [3.05, 3.63) is 42.2 Å². The number of benzene rings is 1. The third-order valence-electron chi connectivity index (χ3n) is 6.78. The molecule has 8 heteroatoms. The number of aromatic nitrogens is 2. The van der Waals surface area contributed by atoms with Crippen LogP contribution in [-0.2, 0) is 20.7 Å². The number of likely N-dealkylation sites (tertiary alicyclic amines) is 1. The summed E-state index contributed by atoms with van der Waals surface area (Å²) in [7, 11) is 0. The highest BCUT2D eigenvalue weighted by Crippen LogP contribution is 2.28. The molecule has 0 aliphatic carbocycles. The molecule has 0 spiro atoms. The molecule has 0 unspecified atom stereocenters. The van der Waals surface area contributed by atoms with Gasteiger partial charge in [0.2, 0.25) is 11.8 Å². The predicted molar refractivity (Wildman–Crippen MR) is 129 cm³/mol. The summed E-state index contributed by atoms with van der Waals surface area (Å²) >= 11 is 0. The summed E-state index contributed by atoms with van der Waals surface area (Å²) in [6, 6.07) is 9.87. The number of amides is 1. The van der Waals surface area contributed by atoms with Gasteiger partial charge in [0.25, 0.3) is 0 Å². The lowest BCUT2D eigenvalue weighted by Crippen LogP contribution is -2.46. The topological polar surface area (TPSA) is 84.9 Å². The van der Waals surface area contributed by atoms with Crippen molar-refractivity contribution in [2.75, 3.05) is 37.7 Å². The lowest BCUT2D eigenvalue weighted by molar-refractivity contribution is -0.151. The molecule has 34 heavy (non-hydrogen) atoms. The molecule has 0 atom stereocenters. The number of hydrogen-bond donors (Lipinski definition) is 0. The van der Waals surface area contributed by atoms with Crippen molar-refractivity contribution in [1.29, 1.82) is 0 Å². The van der Waals surface area contributed by atoms with Crippen molar-refractivity contribution >= 4 is 17.7 Å². The van der Waals surface area contributed by atoms with Gasteiger partial charge in [0.05, 0.1) is 12.5 Å². The Morgan fingerprint density at radius 1 is 0.941 bits per heavy atom. The van der Waals surface area contributed by atoms with Gasteiger partial charge in [0, 0.05) is 38.2 Å². The minimum atomic E-state index is -0.130. The molecule has 182 valence electrons. The molecule has 0 radical (unpaired) electrons. The zero-order chi connectivity index (χ0) is 23.9. The maximum atomic E-state index is 13.0. The summed E-state index contributed by atoms with van der Waals surface area (Å²) < 4.78 is 11.0. The van der Waals surface area contributed by atoms with E-state index in [2.05, 4.69) is 33.9 Å². The number of hydrogen-bond acceptors (Lipinski definition) is 7. The Bertz CT molecular complexity index is 965. The van der Waals surface area contributed by atoms with Crippen molar-refractivity contribution in [3.8, 4) is 11.6 Å². The fourth-order valence-electron chi connectivity index (χ4n) is 4.68. The molecule has 0 saturated carbocycles. The van der Waals surface area contributed by atoms with Crippen molar-refractivity contribution in [3.63, 3.8) is 0 Å². The molecular formula is C26H34N4O4. The van der Waals surface area contributed by atoms with Crippen LogP contribution in [0.5, 0.6) is 11.6 Å². The first-order chi connectivity index (χ1) is 16.6. The van der Waals surface area contributed by atoms with E-state index in [1.165, 1.54) is 11.9 Å². The van der Waals surface area contributed by atoms with Crippen LogP contribution in [0.25, 0.3) is 0 Å². The van der Waals surface area contributed by atoms with Crippen LogP contribution < -0.4 is 9.64 Å². The van der Waals surface area contributed by atoms with Gasteiger partial charge in [0.15, 0.2) is 0 Å². The van der Waals surface area contributed by atoms with Crippen LogP contribution in [0.4, 0.5) is 5.82 Å². The third-order valence-corrected chi connectivity index (χ3v) is 6.78. The number of carbonyl (C=O) groups excluding carboxylic acids is 2. The van der Waals surface area contributed by atoms with E-state index in [0.717, 1.165) is 43.9 Å². The molecule has 0 bridgehead atoms. The van der Waals surface area contributed by atoms with E-state index in [4.69, 9.17) is 9.47 Å². The second kappa shape index (κ2) is 11.3. The SMILES string of the molecule is CCOC(=O)C1CCN(C(=O)C2CCN(c3cc(Oc4ccc(CC)cc4)ncn3)CC2)CC1. The minimum absolute atomic E-state index is 0.0185. The molecule has 2 aromatic rings. The lowest BCUT2D eigenvalue weighted by Gasteiger charge is -2.37. The number of anilines is 1. The molecule has 1 aromatic heterocycles. The number of carbonyl (C=O) groups is 2. The summed E-state index contributed by atoms with van der Waals surface area (Å²) in [6.07, 6.45) is 5.46. The van der Waals surface area contributed by atoms with E-state index in [0.29, 0.717) is 38.4 Å².